The fourth-order valence-electron chi connectivity index (χ4n) is 3.20. The van der Waals surface area contributed by atoms with Crippen molar-refractivity contribution in [3.8, 4) is 11.5 Å². The first kappa shape index (κ1) is 19.5. The predicted octanol–water partition coefficient (Wildman–Crippen LogP) is 2.83. The molecule has 1 fully saturated rings. The molecule has 0 saturated carbocycles. The number of methoxy groups -OCH3 is 2. The second-order valence-electron chi connectivity index (χ2n) is 6.53. The summed E-state index contributed by atoms with van der Waals surface area (Å²) < 4.78 is 10.5. The van der Waals surface area contributed by atoms with Crippen LogP contribution in [0.4, 0.5) is 10.5 Å². The van der Waals surface area contributed by atoms with Gasteiger partial charge in [-0.1, -0.05) is 12.1 Å². The molecule has 0 aromatic heterocycles. The standard InChI is InChI=1S/C21H25N3O4/c1-27-18-8-9-19(28-2)16(12-18)14-23-21(26)22-13-15-5-3-6-17(11-15)24-10-4-7-20(24)25/h3,5-6,8-9,11-12H,4,7,10,13-14H2,1-2H3,(H2,22,23,26). The van der Waals surface area contributed by atoms with Crippen molar-refractivity contribution in [2.24, 2.45) is 0 Å². The lowest BCUT2D eigenvalue weighted by molar-refractivity contribution is -0.117. The summed E-state index contributed by atoms with van der Waals surface area (Å²) in [6.07, 6.45) is 1.48. The Bertz CT molecular complexity index is 853. The van der Waals surface area contributed by atoms with Gasteiger partial charge in [-0.3, -0.25) is 4.79 Å². The van der Waals surface area contributed by atoms with Crippen LogP contribution < -0.4 is 25.0 Å². The van der Waals surface area contributed by atoms with E-state index in [1.165, 1.54) is 0 Å². The molecule has 1 aliphatic rings. The van der Waals surface area contributed by atoms with Crippen LogP contribution in [-0.2, 0) is 17.9 Å². The molecule has 148 valence electrons. The number of rotatable bonds is 7. The number of benzene rings is 2. The lowest BCUT2D eigenvalue weighted by Crippen LogP contribution is -2.34. The Morgan fingerprint density at radius 3 is 2.61 bits per heavy atom. The molecule has 1 saturated heterocycles. The van der Waals surface area contributed by atoms with Crippen molar-refractivity contribution in [2.75, 3.05) is 25.7 Å². The molecule has 0 unspecified atom stereocenters. The van der Waals surface area contributed by atoms with Gasteiger partial charge in [0, 0.05) is 37.3 Å². The quantitative estimate of drug-likeness (QED) is 0.771. The number of hydrogen-bond donors (Lipinski definition) is 2. The van der Waals surface area contributed by atoms with E-state index in [0.717, 1.165) is 29.8 Å². The molecule has 0 spiro atoms. The van der Waals surface area contributed by atoms with Crippen molar-refractivity contribution < 1.29 is 19.1 Å². The topological polar surface area (TPSA) is 79.9 Å². The first-order chi connectivity index (χ1) is 13.6. The first-order valence-corrected chi connectivity index (χ1v) is 9.22. The second-order valence-corrected chi connectivity index (χ2v) is 6.53. The highest BCUT2D eigenvalue weighted by molar-refractivity contribution is 5.95. The van der Waals surface area contributed by atoms with Gasteiger partial charge in [-0.05, 0) is 42.3 Å². The van der Waals surface area contributed by atoms with Gasteiger partial charge in [-0.15, -0.1) is 0 Å². The average Bonchev–Trinajstić information content (AvgIpc) is 3.16. The molecule has 1 aliphatic heterocycles. The number of anilines is 1. The molecule has 28 heavy (non-hydrogen) atoms. The fourth-order valence-corrected chi connectivity index (χ4v) is 3.20. The SMILES string of the molecule is COc1ccc(OC)c(CNC(=O)NCc2cccc(N3CCCC3=O)c2)c1. The molecule has 2 N–H and O–H groups in total. The van der Waals surface area contributed by atoms with Gasteiger partial charge in [0.2, 0.25) is 5.91 Å². The van der Waals surface area contributed by atoms with Gasteiger partial charge in [-0.2, -0.15) is 0 Å². The van der Waals surface area contributed by atoms with E-state index in [9.17, 15) is 9.59 Å². The molecule has 0 radical (unpaired) electrons. The van der Waals surface area contributed by atoms with Crippen molar-refractivity contribution in [2.45, 2.75) is 25.9 Å². The van der Waals surface area contributed by atoms with Gasteiger partial charge < -0.3 is 25.0 Å². The number of ether oxygens (including phenoxy) is 2. The zero-order chi connectivity index (χ0) is 19.9. The summed E-state index contributed by atoms with van der Waals surface area (Å²) in [5.41, 5.74) is 2.64. The number of carbonyl (C=O) groups is 2. The summed E-state index contributed by atoms with van der Waals surface area (Å²) in [6.45, 7) is 1.43. The zero-order valence-electron chi connectivity index (χ0n) is 16.2. The Kier molecular flexibility index (Phi) is 6.37. The lowest BCUT2D eigenvalue weighted by atomic mass is 10.2. The van der Waals surface area contributed by atoms with E-state index >= 15 is 0 Å². The molecular weight excluding hydrogens is 358 g/mol. The summed E-state index contributed by atoms with van der Waals surface area (Å²) >= 11 is 0. The molecule has 0 atom stereocenters. The Balaban J connectivity index is 1.54. The monoisotopic (exact) mass is 383 g/mol. The van der Waals surface area contributed by atoms with E-state index in [4.69, 9.17) is 9.47 Å². The number of carbonyl (C=O) groups excluding carboxylic acids is 2. The largest absolute Gasteiger partial charge is 0.497 e. The van der Waals surface area contributed by atoms with Crippen molar-refractivity contribution in [3.05, 3.63) is 53.6 Å². The number of urea groups is 1. The van der Waals surface area contributed by atoms with Gasteiger partial charge in [-0.25, -0.2) is 4.79 Å². The van der Waals surface area contributed by atoms with Crippen LogP contribution in [0.25, 0.3) is 0 Å². The van der Waals surface area contributed by atoms with Crippen LogP contribution in [0, 0.1) is 0 Å². The molecule has 0 aliphatic carbocycles. The highest BCUT2D eigenvalue weighted by Gasteiger charge is 2.21. The Morgan fingerprint density at radius 2 is 1.89 bits per heavy atom. The van der Waals surface area contributed by atoms with Crippen LogP contribution in [0.1, 0.15) is 24.0 Å². The van der Waals surface area contributed by atoms with Gasteiger partial charge in [0.1, 0.15) is 11.5 Å². The highest BCUT2D eigenvalue weighted by atomic mass is 16.5. The van der Waals surface area contributed by atoms with Crippen LogP contribution in [0.5, 0.6) is 11.5 Å². The molecule has 2 aromatic carbocycles. The van der Waals surface area contributed by atoms with Gasteiger partial charge in [0.15, 0.2) is 0 Å². The number of nitrogens with zero attached hydrogens (tertiary/aromatic N) is 1. The molecule has 3 rings (SSSR count). The Morgan fingerprint density at radius 1 is 1.07 bits per heavy atom. The third kappa shape index (κ3) is 4.73. The summed E-state index contributed by atoms with van der Waals surface area (Å²) in [6, 6.07) is 12.8. The number of nitrogens with one attached hydrogen (secondary N) is 2. The lowest BCUT2D eigenvalue weighted by Gasteiger charge is -2.17. The summed E-state index contributed by atoms with van der Waals surface area (Å²) in [5, 5.41) is 5.66. The van der Waals surface area contributed by atoms with Gasteiger partial charge in [0.25, 0.3) is 0 Å². The molecule has 3 amide bonds. The molecular formula is C21H25N3O4. The summed E-state index contributed by atoms with van der Waals surface area (Å²) in [7, 11) is 3.18. The van der Waals surface area contributed by atoms with E-state index < -0.39 is 0 Å². The first-order valence-electron chi connectivity index (χ1n) is 9.22. The fraction of sp³-hybridized carbons (Fsp3) is 0.333. The third-order valence-electron chi connectivity index (χ3n) is 4.68. The summed E-state index contributed by atoms with van der Waals surface area (Å²) in [4.78, 5) is 25.9. The maximum absolute atomic E-state index is 12.2. The number of hydrogen-bond acceptors (Lipinski definition) is 4. The molecule has 7 nitrogen and oxygen atoms in total. The van der Waals surface area contributed by atoms with Crippen LogP contribution in [0.2, 0.25) is 0 Å². The van der Waals surface area contributed by atoms with Crippen molar-refractivity contribution in [1.29, 1.82) is 0 Å². The van der Waals surface area contributed by atoms with E-state index in [1.807, 2.05) is 30.3 Å². The highest BCUT2D eigenvalue weighted by Crippen LogP contribution is 2.24. The van der Waals surface area contributed by atoms with Gasteiger partial charge >= 0.3 is 6.03 Å². The molecule has 1 heterocycles. The van der Waals surface area contributed by atoms with E-state index in [0.29, 0.717) is 31.0 Å². The van der Waals surface area contributed by atoms with Crippen molar-refractivity contribution in [3.63, 3.8) is 0 Å². The van der Waals surface area contributed by atoms with Crippen molar-refractivity contribution in [1.82, 2.24) is 10.6 Å². The van der Waals surface area contributed by atoms with E-state index in [-0.39, 0.29) is 11.9 Å². The average molecular weight is 383 g/mol. The molecule has 2 aromatic rings. The minimum Gasteiger partial charge on any atom is -0.497 e. The van der Waals surface area contributed by atoms with Crippen LogP contribution in [-0.4, -0.2) is 32.7 Å². The van der Waals surface area contributed by atoms with Crippen LogP contribution in [0.15, 0.2) is 42.5 Å². The second kappa shape index (κ2) is 9.12. The number of amides is 3. The minimum atomic E-state index is -0.285. The molecule has 7 heteroatoms. The zero-order valence-corrected chi connectivity index (χ0v) is 16.2. The Labute approximate surface area is 164 Å². The van der Waals surface area contributed by atoms with E-state index in [1.54, 1.807) is 31.3 Å². The van der Waals surface area contributed by atoms with E-state index in [2.05, 4.69) is 10.6 Å². The van der Waals surface area contributed by atoms with Gasteiger partial charge in [0.05, 0.1) is 14.2 Å². The normalized spacial score (nSPS) is 13.4. The Hall–Kier alpha value is -3.22. The third-order valence-corrected chi connectivity index (χ3v) is 4.68. The summed E-state index contributed by atoms with van der Waals surface area (Å²) in [5.74, 6) is 1.53. The smallest absolute Gasteiger partial charge is 0.315 e. The maximum atomic E-state index is 12.2. The molecule has 0 bridgehead atoms. The van der Waals surface area contributed by atoms with Crippen LogP contribution in [0.3, 0.4) is 0 Å². The minimum absolute atomic E-state index is 0.148. The maximum Gasteiger partial charge on any atom is 0.315 e. The van der Waals surface area contributed by atoms with Crippen LogP contribution >= 0.6 is 0 Å². The predicted molar refractivity (Wildman–Crippen MR) is 107 cm³/mol. The van der Waals surface area contributed by atoms with Crippen molar-refractivity contribution >= 4 is 17.6 Å².